The van der Waals surface area contributed by atoms with Gasteiger partial charge >= 0.3 is 0 Å². The van der Waals surface area contributed by atoms with Crippen LogP contribution in [0.2, 0.25) is 0 Å². The van der Waals surface area contributed by atoms with Gasteiger partial charge in [0.05, 0.1) is 7.11 Å². The van der Waals surface area contributed by atoms with Gasteiger partial charge in [-0.1, -0.05) is 36.4 Å². The van der Waals surface area contributed by atoms with E-state index in [1.165, 1.54) is 7.11 Å². The van der Waals surface area contributed by atoms with Gasteiger partial charge in [0.1, 0.15) is 17.2 Å². The molecule has 1 heterocycles. The van der Waals surface area contributed by atoms with Crippen LogP contribution in [0.1, 0.15) is 16.1 Å². The number of benzene rings is 2. The number of hydrogen-bond acceptors (Lipinski definition) is 4. The fraction of sp³-hybridized carbons (Fsp3) is 0.0526. The predicted octanol–water partition coefficient (Wildman–Crippen LogP) is 4.11. The molecule has 4 nitrogen and oxygen atoms in total. The van der Waals surface area contributed by atoms with E-state index in [0.29, 0.717) is 22.9 Å². The molecule has 0 unspecified atom stereocenters. The van der Waals surface area contributed by atoms with Crippen molar-refractivity contribution in [1.29, 1.82) is 0 Å². The molecule has 0 radical (unpaired) electrons. The monoisotopic (exact) mass is 305 g/mol. The highest BCUT2D eigenvalue weighted by Crippen LogP contribution is 2.23. The maximum Gasteiger partial charge on any atom is 0.213 e. The third-order valence-corrected chi connectivity index (χ3v) is 3.24. The number of hydrogen-bond donors (Lipinski definition) is 0. The number of rotatable bonds is 5. The molecule has 0 saturated carbocycles. The number of nitrogens with zero attached hydrogens (tertiary/aromatic N) is 1. The predicted molar refractivity (Wildman–Crippen MR) is 87.2 cm³/mol. The van der Waals surface area contributed by atoms with Crippen LogP contribution in [0.5, 0.6) is 17.4 Å². The van der Waals surface area contributed by atoms with Crippen LogP contribution < -0.4 is 9.47 Å². The molecular weight excluding hydrogens is 290 g/mol. The molecule has 0 aliphatic heterocycles. The van der Waals surface area contributed by atoms with E-state index in [1.54, 1.807) is 36.4 Å². The molecule has 3 aromatic rings. The van der Waals surface area contributed by atoms with Crippen molar-refractivity contribution in [3.05, 3.63) is 84.1 Å². The normalized spacial score (nSPS) is 10.1. The SMILES string of the molecule is COc1cccc(C(=O)c2cccc(Oc3ccccc3)c2)n1. The molecule has 0 fully saturated rings. The molecule has 114 valence electrons. The minimum Gasteiger partial charge on any atom is -0.481 e. The lowest BCUT2D eigenvalue weighted by Crippen LogP contribution is -2.05. The summed E-state index contributed by atoms with van der Waals surface area (Å²) >= 11 is 0. The minimum absolute atomic E-state index is 0.178. The Kier molecular flexibility index (Phi) is 4.34. The van der Waals surface area contributed by atoms with Gasteiger partial charge in [0.25, 0.3) is 0 Å². The van der Waals surface area contributed by atoms with Gasteiger partial charge in [0.2, 0.25) is 11.7 Å². The standard InChI is InChI=1S/C19H15NO3/c1-22-18-12-6-11-17(20-18)19(21)14-7-5-10-16(13-14)23-15-8-3-2-4-9-15/h2-13H,1H3. The van der Waals surface area contributed by atoms with Crippen molar-refractivity contribution in [3.8, 4) is 17.4 Å². The van der Waals surface area contributed by atoms with Crippen LogP contribution in [-0.2, 0) is 0 Å². The maximum atomic E-state index is 12.5. The Morgan fingerprint density at radius 3 is 2.39 bits per heavy atom. The molecule has 1 aromatic heterocycles. The molecular formula is C19H15NO3. The van der Waals surface area contributed by atoms with Crippen LogP contribution in [0, 0.1) is 0 Å². The zero-order valence-electron chi connectivity index (χ0n) is 12.6. The lowest BCUT2D eigenvalue weighted by Gasteiger charge is -2.07. The average Bonchev–Trinajstić information content (AvgIpc) is 2.62. The first-order chi connectivity index (χ1) is 11.3. The number of ether oxygens (including phenoxy) is 2. The first kappa shape index (κ1) is 14.8. The molecule has 0 aliphatic carbocycles. The number of carbonyl (C=O) groups is 1. The zero-order valence-corrected chi connectivity index (χ0v) is 12.6. The summed E-state index contributed by atoms with van der Waals surface area (Å²) in [6, 6.07) is 21.6. The maximum absolute atomic E-state index is 12.5. The molecule has 0 aliphatic rings. The summed E-state index contributed by atoms with van der Waals surface area (Å²) in [6.07, 6.45) is 0. The van der Waals surface area contributed by atoms with Gasteiger partial charge in [-0.05, 0) is 30.3 Å². The van der Waals surface area contributed by atoms with Crippen LogP contribution >= 0.6 is 0 Å². The van der Waals surface area contributed by atoms with E-state index in [9.17, 15) is 4.79 Å². The second-order valence-electron chi connectivity index (χ2n) is 4.84. The minimum atomic E-state index is -0.178. The van der Waals surface area contributed by atoms with Crippen LogP contribution in [0.4, 0.5) is 0 Å². The molecule has 0 saturated heterocycles. The smallest absolute Gasteiger partial charge is 0.213 e. The summed E-state index contributed by atoms with van der Waals surface area (Å²) in [7, 11) is 1.52. The number of methoxy groups -OCH3 is 1. The molecule has 0 amide bonds. The van der Waals surface area contributed by atoms with E-state index in [1.807, 2.05) is 36.4 Å². The Balaban J connectivity index is 1.85. The number of carbonyl (C=O) groups excluding carboxylic acids is 1. The Morgan fingerprint density at radius 2 is 1.61 bits per heavy atom. The van der Waals surface area contributed by atoms with Crippen LogP contribution in [0.15, 0.2) is 72.8 Å². The zero-order chi connectivity index (χ0) is 16.1. The van der Waals surface area contributed by atoms with E-state index in [2.05, 4.69) is 4.98 Å². The Labute approximate surface area is 134 Å². The third kappa shape index (κ3) is 3.55. The van der Waals surface area contributed by atoms with E-state index >= 15 is 0 Å². The van der Waals surface area contributed by atoms with Crippen molar-refractivity contribution in [1.82, 2.24) is 4.98 Å². The fourth-order valence-electron chi connectivity index (χ4n) is 2.13. The van der Waals surface area contributed by atoms with Crippen molar-refractivity contribution >= 4 is 5.78 Å². The highest BCUT2D eigenvalue weighted by Gasteiger charge is 2.12. The van der Waals surface area contributed by atoms with Gasteiger partial charge in [0.15, 0.2) is 0 Å². The topological polar surface area (TPSA) is 48.4 Å². The highest BCUT2D eigenvalue weighted by atomic mass is 16.5. The molecule has 23 heavy (non-hydrogen) atoms. The fourth-order valence-corrected chi connectivity index (χ4v) is 2.13. The second-order valence-corrected chi connectivity index (χ2v) is 4.84. The largest absolute Gasteiger partial charge is 0.481 e. The molecule has 0 spiro atoms. The van der Waals surface area contributed by atoms with E-state index < -0.39 is 0 Å². The van der Waals surface area contributed by atoms with Gasteiger partial charge in [-0.25, -0.2) is 4.98 Å². The van der Waals surface area contributed by atoms with Gasteiger partial charge < -0.3 is 9.47 Å². The molecule has 0 atom stereocenters. The van der Waals surface area contributed by atoms with Crippen LogP contribution in [0.25, 0.3) is 0 Å². The highest BCUT2D eigenvalue weighted by molar-refractivity contribution is 6.07. The Bertz CT molecular complexity index is 816. The summed E-state index contributed by atoms with van der Waals surface area (Å²) in [5.41, 5.74) is 0.848. The summed E-state index contributed by atoms with van der Waals surface area (Å²) in [6.45, 7) is 0. The van der Waals surface area contributed by atoms with Crippen molar-refractivity contribution in [3.63, 3.8) is 0 Å². The molecule has 0 N–H and O–H groups in total. The Hall–Kier alpha value is -3.14. The quantitative estimate of drug-likeness (QED) is 0.665. The van der Waals surface area contributed by atoms with Crippen molar-refractivity contribution in [2.75, 3.05) is 7.11 Å². The number of pyridine rings is 1. The lowest BCUT2D eigenvalue weighted by atomic mass is 10.1. The summed E-state index contributed by atoms with van der Waals surface area (Å²) in [4.78, 5) is 16.7. The van der Waals surface area contributed by atoms with Gasteiger partial charge in [-0.15, -0.1) is 0 Å². The van der Waals surface area contributed by atoms with Crippen LogP contribution in [-0.4, -0.2) is 17.9 Å². The molecule has 2 aromatic carbocycles. The van der Waals surface area contributed by atoms with Gasteiger partial charge in [0, 0.05) is 11.6 Å². The molecule has 4 heteroatoms. The van der Waals surface area contributed by atoms with E-state index in [-0.39, 0.29) is 5.78 Å². The first-order valence-electron chi connectivity index (χ1n) is 7.15. The number of ketones is 1. The molecule has 0 bridgehead atoms. The first-order valence-corrected chi connectivity index (χ1v) is 7.15. The lowest BCUT2D eigenvalue weighted by molar-refractivity contribution is 0.103. The second kappa shape index (κ2) is 6.75. The van der Waals surface area contributed by atoms with Gasteiger partial charge in [-0.2, -0.15) is 0 Å². The number of aromatic nitrogens is 1. The summed E-state index contributed by atoms with van der Waals surface area (Å²) in [5, 5.41) is 0. The summed E-state index contributed by atoms with van der Waals surface area (Å²) < 4.78 is 10.8. The third-order valence-electron chi connectivity index (χ3n) is 3.24. The van der Waals surface area contributed by atoms with Crippen molar-refractivity contribution in [2.24, 2.45) is 0 Å². The van der Waals surface area contributed by atoms with E-state index in [0.717, 1.165) is 5.75 Å². The molecule has 3 rings (SSSR count). The summed E-state index contributed by atoms with van der Waals surface area (Å²) in [5.74, 6) is 1.55. The van der Waals surface area contributed by atoms with Crippen LogP contribution in [0.3, 0.4) is 0 Å². The average molecular weight is 305 g/mol. The van der Waals surface area contributed by atoms with Gasteiger partial charge in [-0.3, -0.25) is 4.79 Å². The number of para-hydroxylation sites is 1. The van der Waals surface area contributed by atoms with Crippen molar-refractivity contribution < 1.29 is 14.3 Å². The van der Waals surface area contributed by atoms with Crippen molar-refractivity contribution in [2.45, 2.75) is 0 Å². The Morgan fingerprint density at radius 1 is 0.870 bits per heavy atom. The van der Waals surface area contributed by atoms with E-state index in [4.69, 9.17) is 9.47 Å².